The highest BCUT2D eigenvalue weighted by atomic mass is 35.5. The summed E-state index contributed by atoms with van der Waals surface area (Å²) in [5.74, 6) is 0.720. The molecule has 0 aromatic carbocycles. The van der Waals surface area contributed by atoms with Gasteiger partial charge in [0, 0.05) is 10.8 Å². The summed E-state index contributed by atoms with van der Waals surface area (Å²) < 4.78 is 3.72. The van der Waals surface area contributed by atoms with Crippen molar-refractivity contribution in [2.75, 3.05) is 5.88 Å². The van der Waals surface area contributed by atoms with Gasteiger partial charge in [-0.25, -0.2) is 0 Å². The zero-order chi connectivity index (χ0) is 6.53. The number of halogens is 1. The molecule has 0 saturated carbocycles. The first-order valence-corrected chi connectivity index (χ1v) is 4.06. The fourth-order valence-corrected chi connectivity index (χ4v) is 1.20. The zero-order valence-electron chi connectivity index (χ0n) is 4.88. The molecule has 9 heavy (non-hydrogen) atoms. The highest BCUT2D eigenvalue weighted by Crippen LogP contribution is 2.05. The SMILES string of the molecule is ClCCCc1cnns1. The number of rotatable bonds is 3. The standard InChI is InChI=1S/C5H7ClN2S/c6-3-1-2-5-4-7-8-9-5/h4H,1-3H2. The van der Waals surface area contributed by atoms with Gasteiger partial charge in [-0.2, -0.15) is 0 Å². The predicted molar refractivity (Wildman–Crippen MR) is 39.0 cm³/mol. The molecule has 0 N–H and O–H groups in total. The van der Waals surface area contributed by atoms with Crippen molar-refractivity contribution < 1.29 is 0 Å². The molecule has 0 spiro atoms. The lowest BCUT2D eigenvalue weighted by molar-refractivity contribution is 0.942. The van der Waals surface area contributed by atoms with Crippen molar-refractivity contribution in [2.45, 2.75) is 12.8 Å². The van der Waals surface area contributed by atoms with Crippen LogP contribution in [0.4, 0.5) is 0 Å². The molecule has 1 heterocycles. The summed E-state index contributed by atoms with van der Waals surface area (Å²) in [4.78, 5) is 1.22. The highest BCUT2D eigenvalue weighted by molar-refractivity contribution is 7.05. The van der Waals surface area contributed by atoms with Gasteiger partial charge >= 0.3 is 0 Å². The van der Waals surface area contributed by atoms with Crippen molar-refractivity contribution in [1.29, 1.82) is 0 Å². The fourth-order valence-electron chi connectivity index (χ4n) is 0.539. The van der Waals surface area contributed by atoms with Crippen molar-refractivity contribution in [3.05, 3.63) is 11.1 Å². The average Bonchev–Trinajstić information content (AvgIpc) is 2.34. The van der Waals surface area contributed by atoms with Crippen LogP contribution in [0.2, 0.25) is 0 Å². The fraction of sp³-hybridized carbons (Fsp3) is 0.600. The van der Waals surface area contributed by atoms with Gasteiger partial charge in [-0.05, 0) is 24.4 Å². The third-order valence-corrected chi connectivity index (χ3v) is 1.95. The summed E-state index contributed by atoms with van der Waals surface area (Å²) in [6, 6.07) is 0. The largest absolute Gasteiger partial charge is 0.146 e. The summed E-state index contributed by atoms with van der Waals surface area (Å²) in [5.41, 5.74) is 0. The van der Waals surface area contributed by atoms with Crippen LogP contribution in [0.3, 0.4) is 0 Å². The molecule has 2 nitrogen and oxygen atoms in total. The lowest BCUT2D eigenvalue weighted by Crippen LogP contribution is -1.79. The Labute approximate surface area is 63.0 Å². The van der Waals surface area contributed by atoms with E-state index < -0.39 is 0 Å². The summed E-state index contributed by atoms with van der Waals surface area (Å²) in [6.07, 6.45) is 3.82. The molecule has 0 radical (unpaired) electrons. The molecular weight excluding hydrogens is 156 g/mol. The molecule has 0 amide bonds. The summed E-state index contributed by atoms with van der Waals surface area (Å²) >= 11 is 6.93. The number of aryl methyl sites for hydroxylation is 1. The highest BCUT2D eigenvalue weighted by Gasteiger charge is 1.92. The minimum absolute atomic E-state index is 0.720. The van der Waals surface area contributed by atoms with Gasteiger partial charge in [0.2, 0.25) is 0 Å². The second-order valence-electron chi connectivity index (χ2n) is 1.68. The second-order valence-corrected chi connectivity index (χ2v) is 2.92. The van der Waals surface area contributed by atoms with Crippen LogP contribution in [0.1, 0.15) is 11.3 Å². The van der Waals surface area contributed by atoms with E-state index in [-0.39, 0.29) is 0 Å². The van der Waals surface area contributed by atoms with Gasteiger partial charge in [0.15, 0.2) is 0 Å². The van der Waals surface area contributed by atoms with Crippen molar-refractivity contribution in [3.63, 3.8) is 0 Å². The first-order valence-electron chi connectivity index (χ1n) is 2.75. The van der Waals surface area contributed by atoms with Gasteiger partial charge in [0.05, 0.1) is 6.20 Å². The van der Waals surface area contributed by atoms with E-state index in [1.807, 2.05) is 0 Å². The molecule has 1 rings (SSSR count). The van der Waals surface area contributed by atoms with E-state index >= 15 is 0 Å². The molecule has 0 aliphatic heterocycles. The van der Waals surface area contributed by atoms with Crippen molar-refractivity contribution in [3.8, 4) is 0 Å². The Kier molecular flexibility index (Phi) is 2.94. The molecule has 1 aromatic rings. The van der Waals surface area contributed by atoms with E-state index in [2.05, 4.69) is 9.59 Å². The Hall–Kier alpha value is -0.150. The van der Waals surface area contributed by atoms with Crippen LogP contribution in [-0.4, -0.2) is 15.5 Å². The first kappa shape index (κ1) is 6.96. The number of alkyl halides is 1. The van der Waals surface area contributed by atoms with Crippen molar-refractivity contribution >= 4 is 23.1 Å². The Bertz CT molecular complexity index is 152. The van der Waals surface area contributed by atoms with Gasteiger partial charge < -0.3 is 0 Å². The van der Waals surface area contributed by atoms with Crippen LogP contribution in [0.5, 0.6) is 0 Å². The van der Waals surface area contributed by atoms with E-state index in [1.165, 1.54) is 16.4 Å². The molecule has 1 aromatic heterocycles. The summed E-state index contributed by atoms with van der Waals surface area (Å²) in [5, 5.41) is 3.70. The molecule has 50 valence electrons. The molecule has 0 bridgehead atoms. The van der Waals surface area contributed by atoms with E-state index in [4.69, 9.17) is 11.6 Å². The normalized spacial score (nSPS) is 9.89. The van der Waals surface area contributed by atoms with E-state index in [9.17, 15) is 0 Å². The van der Waals surface area contributed by atoms with Crippen LogP contribution in [-0.2, 0) is 6.42 Å². The topological polar surface area (TPSA) is 25.8 Å². The van der Waals surface area contributed by atoms with Gasteiger partial charge in [0.1, 0.15) is 0 Å². The molecule has 0 saturated heterocycles. The van der Waals surface area contributed by atoms with Crippen LogP contribution < -0.4 is 0 Å². The third-order valence-electron chi connectivity index (χ3n) is 0.964. The van der Waals surface area contributed by atoms with E-state index in [0.717, 1.165) is 18.7 Å². The maximum atomic E-state index is 5.48. The monoisotopic (exact) mass is 162 g/mol. The molecule has 0 aliphatic carbocycles. The van der Waals surface area contributed by atoms with E-state index in [0.29, 0.717) is 0 Å². The molecule has 0 atom stereocenters. The van der Waals surface area contributed by atoms with Gasteiger partial charge in [-0.15, -0.1) is 16.7 Å². The molecular formula is C5H7ClN2S. The van der Waals surface area contributed by atoms with Crippen LogP contribution in [0, 0.1) is 0 Å². The Morgan fingerprint density at radius 1 is 1.67 bits per heavy atom. The average molecular weight is 163 g/mol. The Morgan fingerprint density at radius 3 is 3.11 bits per heavy atom. The first-order chi connectivity index (χ1) is 4.43. The molecule has 0 aliphatic rings. The third kappa shape index (κ3) is 2.28. The smallest absolute Gasteiger partial charge is 0.0653 e. The minimum atomic E-state index is 0.720. The summed E-state index contributed by atoms with van der Waals surface area (Å²) in [7, 11) is 0. The molecule has 0 unspecified atom stereocenters. The predicted octanol–water partition coefficient (Wildman–Crippen LogP) is 1.71. The maximum Gasteiger partial charge on any atom is 0.0653 e. The number of nitrogens with zero attached hydrogens (tertiary/aromatic N) is 2. The van der Waals surface area contributed by atoms with Crippen LogP contribution >= 0.6 is 23.1 Å². The van der Waals surface area contributed by atoms with Gasteiger partial charge in [-0.1, -0.05) is 4.49 Å². The van der Waals surface area contributed by atoms with E-state index in [1.54, 1.807) is 6.20 Å². The summed E-state index contributed by atoms with van der Waals surface area (Å²) in [6.45, 7) is 0. The quantitative estimate of drug-likeness (QED) is 0.633. The minimum Gasteiger partial charge on any atom is -0.146 e. The Morgan fingerprint density at radius 2 is 2.56 bits per heavy atom. The number of aromatic nitrogens is 2. The van der Waals surface area contributed by atoms with Gasteiger partial charge in [-0.3, -0.25) is 0 Å². The van der Waals surface area contributed by atoms with Crippen molar-refractivity contribution in [1.82, 2.24) is 9.59 Å². The second kappa shape index (κ2) is 3.80. The lowest BCUT2D eigenvalue weighted by Gasteiger charge is -1.86. The Balaban J connectivity index is 2.30. The molecule has 0 fully saturated rings. The zero-order valence-corrected chi connectivity index (χ0v) is 6.45. The number of hydrogen-bond donors (Lipinski definition) is 0. The van der Waals surface area contributed by atoms with Crippen molar-refractivity contribution in [2.24, 2.45) is 0 Å². The van der Waals surface area contributed by atoms with Crippen LogP contribution in [0.25, 0.3) is 0 Å². The maximum absolute atomic E-state index is 5.48. The van der Waals surface area contributed by atoms with Crippen LogP contribution in [0.15, 0.2) is 6.20 Å². The van der Waals surface area contributed by atoms with Gasteiger partial charge in [0.25, 0.3) is 0 Å². The number of hydrogen-bond acceptors (Lipinski definition) is 3. The lowest BCUT2D eigenvalue weighted by atomic mass is 10.3. The molecule has 4 heteroatoms.